The highest BCUT2D eigenvalue weighted by molar-refractivity contribution is 5.65. The van der Waals surface area contributed by atoms with Gasteiger partial charge in [-0.3, -0.25) is 0 Å². The molecule has 0 radical (unpaired) electrons. The summed E-state index contributed by atoms with van der Waals surface area (Å²) in [6.45, 7) is 6.00. The van der Waals surface area contributed by atoms with Gasteiger partial charge in [0.05, 0.1) is 0 Å². The topological polar surface area (TPSA) is 0 Å². The van der Waals surface area contributed by atoms with Gasteiger partial charge >= 0.3 is 0 Å². The molecule has 80 valence electrons. The van der Waals surface area contributed by atoms with Crippen molar-refractivity contribution in [3.8, 4) is 0 Å². The average molecular weight is 208 g/mol. The van der Waals surface area contributed by atoms with Gasteiger partial charge in [0, 0.05) is 5.92 Å². The third-order valence-corrected chi connectivity index (χ3v) is 3.00. The molecule has 0 aliphatic heterocycles. The van der Waals surface area contributed by atoms with E-state index in [-0.39, 0.29) is 0 Å². The van der Waals surface area contributed by atoms with Gasteiger partial charge in [0.1, 0.15) is 0 Å². The zero-order chi connectivity index (χ0) is 11.4. The molecule has 0 aromatic heterocycles. The van der Waals surface area contributed by atoms with E-state index < -0.39 is 0 Å². The van der Waals surface area contributed by atoms with Gasteiger partial charge in [-0.05, 0) is 17.5 Å². The van der Waals surface area contributed by atoms with Gasteiger partial charge in [-0.1, -0.05) is 60.2 Å². The fraction of sp³-hybridized carbons (Fsp3) is 0.125. The van der Waals surface area contributed by atoms with Gasteiger partial charge in [-0.2, -0.15) is 0 Å². The summed E-state index contributed by atoms with van der Waals surface area (Å²) in [5, 5.41) is 0. The van der Waals surface area contributed by atoms with E-state index in [0.29, 0.717) is 5.92 Å². The maximum absolute atomic E-state index is 3.00. The van der Waals surface area contributed by atoms with Crippen molar-refractivity contribution in [2.75, 3.05) is 0 Å². The molecule has 0 N–H and O–H groups in total. The summed E-state index contributed by atoms with van der Waals surface area (Å²) in [4.78, 5) is 0. The van der Waals surface area contributed by atoms with Crippen molar-refractivity contribution in [2.24, 2.45) is 0 Å². The van der Waals surface area contributed by atoms with Gasteiger partial charge < -0.3 is 0 Å². The number of hydrogen-bond acceptors (Lipinski definition) is 0. The molecule has 0 fully saturated rings. The number of allylic oxidation sites excluding steroid dienone is 5. The molecule has 0 saturated carbocycles. The Morgan fingerprint density at radius 3 is 2.69 bits per heavy atom. The first-order valence-electron chi connectivity index (χ1n) is 5.58. The predicted octanol–water partition coefficient (Wildman–Crippen LogP) is 4.49. The molecule has 0 heteroatoms. The minimum atomic E-state index is 0.529. The summed E-state index contributed by atoms with van der Waals surface area (Å²) in [5.74, 6) is 0.529. The highest BCUT2D eigenvalue weighted by atomic mass is 14.2. The Morgan fingerprint density at radius 1 is 1.12 bits per heavy atom. The highest BCUT2D eigenvalue weighted by Crippen LogP contribution is 2.37. The van der Waals surface area contributed by atoms with Crippen molar-refractivity contribution in [1.82, 2.24) is 0 Å². The lowest BCUT2D eigenvalue weighted by Gasteiger charge is -2.11. The molecule has 0 heterocycles. The van der Waals surface area contributed by atoms with Crippen LogP contribution in [0.4, 0.5) is 0 Å². The number of hydrogen-bond donors (Lipinski definition) is 0. The molecule has 1 atom stereocenters. The van der Waals surface area contributed by atoms with E-state index >= 15 is 0 Å². The fourth-order valence-electron chi connectivity index (χ4n) is 2.27. The van der Waals surface area contributed by atoms with Crippen molar-refractivity contribution in [3.63, 3.8) is 0 Å². The minimum Gasteiger partial charge on any atom is -0.106 e. The van der Waals surface area contributed by atoms with Crippen molar-refractivity contribution < 1.29 is 0 Å². The van der Waals surface area contributed by atoms with E-state index in [0.717, 1.165) is 6.42 Å². The van der Waals surface area contributed by atoms with Crippen LogP contribution >= 0.6 is 0 Å². The first-order valence-corrected chi connectivity index (χ1v) is 5.58. The lowest BCUT2D eigenvalue weighted by molar-refractivity contribution is 0.975. The molecule has 0 bridgehead atoms. The van der Waals surface area contributed by atoms with E-state index in [1.807, 2.05) is 0 Å². The smallest absolute Gasteiger partial charge is 0.0243 e. The minimum absolute atomic E-state index is 0.529. The van der Waals surface area contributed by atoms with Crippen LogP contribution in [0.15, 0.2) is 67.3 Å². The largest absolute Gasteiger partial charge is 0.106 e. The summed E-state index contributed by atoms with van der Waals surface area (Å²) in [6.07, 6.45) is 12.3. The Kier molecular flexibility index (Phi) is 3.21. The Balaban J connectivity index is 0.000000457. The summed E-state index contributed by atoms with van der Waals surface area (Å²) in [7, 11) is 0. The van der Waals surface area contributed by atoms with Crippen LogP contribution in [-0.4, -0.2) is 0 Å². The highest BCUT2D eigenvalue weighted by Gasteiger charge is 2.20. The average Bonchev–Trinajstić information content (AvgIpc) is 3.00. The molecule has 0 nitrogen and oxygen atoms in total. The summed E-state index contributed by atoms with van der Waals surface area (Å²) in [5.41, 5.74) is 4.36. The van der Waals surface area contributed by atoms with Crippen LogP contribution < -0.4 is 0 Å². The van der Waals surface area contributed by atoms with Crippen LogP contribution in [0.2, 0.25) is 0 Å². The fourth-order valence-corrected chi connectivity index (χ4v) is 2.27. The Labute approximate surface area is 97.3 Å². The lowest BCUT2D eigenvalue weighted by Crippen LogP contribution is -1.95. The molecule has 1 aromatic rings. The Morgan fingerprint density at radius 2 is 1.94 bits per heavy atom. The zero-order valence-electron chi connectivity index (χ0n) is 9.39. The van der Waals surface area contributed by atoms with Crippen LogP contribution in [0.3, 0.4) is 0 Å². The third kappa shape index (κ3) is 1.79. The quantitative estimate of drug-likeness (QED) is 0.597. The molecule has 0 spiro atoms. The van der Waals surface area contributed by atoms with Crippen LogP contribution in [0.1, 0.15) is 23.5 Å². The van der Waals surface area contributed by atoms with E-state index in [9.17, 15) is 0 Å². The van der Waals surface area contributed by atoms with Crippen LogP contribution in [-0.2, 0) is 0 Å². The second-order valence-electron chi connectivity index (χ2n) is 3.84. The molecular formula is C16H16. The lowest BCUT2D eigenvalue weighted by atomic mass is 9.92. The van der Waals surface area contributed by atoms with Crippen LogP contribution in [0, 0.1) is 0 Å². The van der Waals surface area contributed by atoms with Gasteiger partial charge in [0.15, 0.2) is 0 Å². The van der Waals surface area contributed by atoms with Crippen molar-refractivity contribution in [3.05, 3.63) is 78.4 Å². The van der Waals surface area contributed by atoms with E-state index in [1.165, 1.54) is 16.7 Å². The van der Waals surface area contributed by atoms with E-state index in [1.54, 1.807) is 0 Å². The second-order valence-corrected chi connectivity index (χ2v) is 3.84. The van der Waals surface area contributed by atoms with Crippen molar-refractivity contribution >= 4 is 6.08 Å². The first kappa shape index (κ1) is 10.7. The van der Waals surface area contributed by atoms with Gasteiger partial charge in [-0.15, -0.1) is 13.2 Å². The summed E-state index contributed by atoms with van der Waals surface area (Å²) in [6, 6.07) is 8.66. The second kappa shape index (κ2) is 4.80. The Hall–Kier alpha value is -1.82. The van der Waals surface area contributed by atoms with Crippen molar-refractivity contribution in [2.45, 2.75) is 12.3 Å². The number of benzene rings is 1. The van der Waals surface area contributed by atoms with Gasteiger partial charge in [-0.25, -0.2) is 0 Å². The summed E-state index contributed by atoms with van der Waals surface area (Å²) < 4.78 is 0. The molecule has 0 amide bonds. The SMILES string of the molecule is C1=CCC(C2C=Cc3ccccc32)=C1.C=C. The molecular weight excluding hydrogens is 192 g/mol. The molecule has 1 unspecified atom stereocenters. The normalized spacial score (nSPS) is 20.0. The molecule has 1 aromatic carbocycles. The standard InChI is InChI=1S/C14H12.C2H4/c1-2-6-11(5-1)14-10-9-12-7-3-4-8-13(12)14;1-2/h1-5,7-10,14H,6H2;1-2H2. The van der Waals surface area contributed by atoms with Gasteiger partial charge in [0.25, 0.3) is 0 Å². The van der Waals surface area contributed by atoms with E-state index in [4.69, 9.17) is 0 Å². The van der Waals surface area contributed by atoms with E-state index in [2.05, 4.69) is 67.8 Å². The Bertz CT molecular complexity index is 461. The van der Waals surface area contributed by atoms with Crippen LogP contribution in [0.5, 0.6) is 0 Å². The summed E-state index contributed by atoms with van der Waals surface area (Å²) >= 11 is 0. The molecule has 2 aliphatic rings. The molecule has 16 heavy (non-hydrogen) atoms. The van der Waals surface area contributed by atoms with Crippen molar-refractivity contribution in [1.29, 1.82) is 0 Å². The number of fused-ring (bicyclic) bond motifs is 1. The maximum atomic E-state index is 3.00. The molecule has 2 aliphatic carbocycles. The molecule has 0 saturated heterocycles. The zero-order valence-corrected chi connectivity index (χ0v) is 9.39. The molecule has 3 rings (SSSR count). The maximum Gasteiger partial charge on any atom is 0.0243 e. The third-order valence-electron chi connectivity index (χ3n) is 3.00. The van der Waals surface area contributed by atoms with Crippen LogP contribution in [0.25, 0.3) is 6.08 Å². The first-order chi connectivity index (χ1) is 7.95. The predicted molar refractivity (Wildman–Crippen MR) is 71.3 cm³/mol. The van der Waals surface area contributed by atoms with Gasteiger partial charge in [0.2, 0.25) is 0 Å². The monoisotopic (exact) mass is 208 g/mol. The number of rotatable bonds is 1.